The molecule has 28 heavy (non-hydrogen) atoms. The molecule has 142 valence electrons. The van der Waals surface area contributed by atoms with Crippen molar-refractivity contribution in [3.05, 3.63) is 75.3 Å². The van der Waals surface area contributed by atoms with Gasteiger partial charge < -0.3 is 5.32 Å². The maximum atomic E-state index is 13.1. The van der Waals surface area contributed by atoms with Crippen molar-refractivity contribution in [2.45, 2.75) is 20.4 Å². The average molecular weight is 416 g/mol. The fraction of sp³-hybridized carbons (Fsp3) is 0.150. The molecule has 0 atom stereocenters. The first-order valence-electron chi connectivity index (χ1n) is 8.59. The number of aromatic nitrogens is 4. The summed E-state index contributed by atoms with van der Waals surface area (Å²) in [4.78, 5) is 9.41. The van der Waals surface area contributed by atoms with Crippen LogP contribution in [0.5, 0.6) is 0 Å². The standard InChI is InChI=1S/C20H16Cl2FN5/c1-11-7-12(2)28(27-11)20-19(24-10-13-3-5-14(23)6-4-13)25-17-8-15(21)16(22)9-18(17)26-20/h3-9H,10H2,1-2H3,(H,24,25). The van der Waals surface area contributed by atoms with Gasteiger partial charge in [0.2, 0.25) is 0 Å². The molecular formula is C20H16Cl2FN5. The normalized spacial score (nSPS) is 11.2. The summed E-state index contributed by atoms with van der Waals surface area (Å²) in [5, 5.41) is 8.62. The van der Waals surface area contributed by atoms with Crippen molar-refractivity contribution in [3.8, 4) is 5.82 Å². The quantitative estimate of drug-likeness (QED) is 0.478. The summed E-state index contributed by atoms with van der Waals surface area (Å²) < 4.78 is 14.9. The largest absolute Gasteiger partial charge is 0.363 e. The number of fused-ring (bicyclic) bond motifs is 1. The zero-order valence-corrected chi connectivity index (χ0v) is 16.7. The van der Waals surface area contributed by atoms with Gasteiger partial charge in [-0.15, -0.1) is 0 Å². The van der Waals surface area contributed by atoms with Gasteiger partial charge >= 0.3 is 0 Å². The van der Waals surface area contributed by atoms with Crippen LogP contribution in [-0.4, -0.2) is 19.7 Å². The van der Waals surface area contributed by atoms with Gasteiger partial charge in [-0.2, -0.15) is 5.10 Å². The molecule has 0 aliphatic rings. The van der Waals surface area contributed by atoms with E-state index >= 15 is 0 Å². The van der Waals surface area contributed by atoms with Crippen LogP contribution in [-0.2, 0) is 6.54 Å². The van der Waals surface area contributed by atoms with Crippen LogP contribution in [0.25, 0.3) is 16.9 Å². The van der Waals surface area contributed by atoms with E-state index in [0.29, 0.717) is 39.3 Å². The Morgan fingerprint density at radius 1 is 0.964 bits per heavy atom. The molecule has 4 rings (SSSR count). The molecule has 4 aromatic rings. The second-order valence-electron chi connectivity index (χ2n) is 6.47. The third-order valence-electron chi connectivity index (χ3n) is 4.27. The second-order valence-corrected chi connectivity index (χ2v) is 7.28. The summed E-state index contributed by atoms with van der Waals surface area (Å²) in [6.07, 6.45) is 0. The zero-order valence-electron chi connectivity index (χ0n) is 15.2. The molecule has 1 N–H and O–H groups in total. The van der Waals surface area contributed by atoms with E-state index < -0.39 is 0 Å². The predicted molar refractivity (Wildman–Crippen MR) is 110 cm³/mol. The highest BCUT2D eigenvalue weighted by molar-refractivity contribution is 6.42. The Balaban J connectivity index is 1.81. The summed E-state index contributed by atoms with van der Waals surface area (Å²) in [6, 6.07) is 11.6. The number of hydrogen-bond donors (Lipinski definition) is 1. The van der Waals surface area contributed by atoms with Crippen molar-refractivity contribution >= 4 is 40.1 Å². The molecule has 2 aromatic carbocycles. The summed E-state index contributed by atoms with van der Waals surface area (Å²) >= 11 is 12.3. The second kappa shape index (κ2) is 7.37. The van der Waals surface area contributed by atoms with E-state index in [1.165, 1.54) is 12.1 Å². The summed E-state index contributed by atoms with van der Waals surface area (Å²) in [5.41, 5.74) is 3.94. The molecule has 2 aromatic heterocycles. The first-order chi connectivity index (χ1) is 13.4. The lowest BCUT2D eigenvalue weighted by molar-refractivity contribution is 0.627. The van der Waals surface area contributed by atoms with Crippen LogP contribution in [0.2, 0.25) is 10.0 Å². The lowest BCUT2D eigenvalue weighted by Crippen LogP contribution is -2.11. The number of hydrogen-bond acceptors (Lipinski definition) is 4. The molecule has 5 nitrogen and oxygen atoms in total. The molecule has 8 heteroatoms. The van der Waals surface area contributed by atoms with Crippen LogP contribution in [0.4, 0.5) is 10.2 Å². The molecule has 0 aliphatic heterocycles. The van der Waals surface area contributed by atoms with Gasteiger partial charge in [0.1, 0.15) is 5.82 Å². The zero-order chi connectivity index (χ0) is 19.8. The van der Waals surface area contributed by atoms with E-state index in [4.69, 9.17) is 28.2 Å². The van der Waals surface area contributed by atoms with Crippen molar-refractivity contribution in [2.75, 3.05) is 5.32 Å². The molecule has 0 saturated carbocycles. The number of nitrogens with zero attached hydrogens (tertiary/aromatic N) is 4. The third kappa shape index (κ3) is 3.66. The van der Waals surface area contributed by atoms with E-state index in [1.807, 2.05) is 19.9 Å². The molecule has 0 spiro atoms. The average Bonchev–Trinajstić information content (AvgIpc) is 3.00. The first-order valence-corrected chi connectivity index (χ1v) is 9.35. The molecule has 0 radical (unpaired) electrons. The highest BCUT2D eigenvalue weighted by atomic mass is 35.5. The number of rotatable bonds is 4. The fourth-order valence-electron chi connectivity index (χ4n) is 2.94. The molecule has 0 bridgehead atoms. The van der Waals surface area contributed by atoms with Crippen molar-refractivity contribution in [1.29, 1.82) is 0 Å². The monoisotopic (exact) mass is 415 g/mol. The lowest BCUT2D eigenvalue weighted by Gasteiger charge is -2.13. The molecule has 0 unspecified atom stereocenters. The minimum atomic E-state index is -0.274. The minimum absolute atomic E-state index is 0.274. The number of nitrogens with one attached hydrogen (secondary N) is 1. The fourth-order valence-corrected chi connectivity index (χ4v) is 3.26. The minimum Gasteiger partial charge on any atom is -0.363 e. The Labute approximate surface area is 171 Å². The van der Waals surface area contributed by atoms with Gasteiger partial charge in [-0.3, -0.25) is 0 Å². The van der Waals surface area contributed by atoms with Crippen molar-refractivity contribution in [1.82, 2.24) is 19.7 Å². The molecule has 2 heterocycles. The van der Waals surface area contributed by atoms with Gasteiger partial charge in [-0.25, -0.2) is 19.0 Å². The molecule has 0 saturated heterocycles. The third-order valence-corrected chi connectivity index (χ3v) is 4.99. The van der Waals surface area contributed by atoms with E-state index in [2.05, 4.69) is 15.4 Å². The van der Waals surface area contributed by atoms with Crippen LogP contribution >= 0.6 is 23.2 Å². The van der Waals surface area contributed by atoms with Crippen molar-refractivity contribution in [3.63, 3.8) is 0 Å². The molecule has 0 fully saturated rings. The van der Waals surface area contributed by atoms with Gasteiger partial charge in [0.05, 0.1) is 26.8 Å². The van der Waals surface area contributed by atoms with Crippen LogP contribution in [0.3, 0.4) is 0 Å². The Morgan fingerprint density at radius 3 is 2.21 bits per heavy atom. The van der Waals surface area contributed by atoms with Crippen molar-refractivity contribution in [2.24, 2.45) is 0 Å². The van der Waals surface area contributed by atoms with Gasteiger partial charge in [-0.1, -0.05) is 35.3 Å². The summed E-state index contributed by atoms with van der Waals surface area (Å²) in [6.45, 7) is 4.32. The Morgan fingerprint density at radius 2 is 1.61 bits per heavy atom. The van der Waals surface area contributed by atoms with E-state index in [1.54, 1.807) is 28.9 Å². The number of aryl methyl sites for hydroxylation is 2. The Bertz CT molecular complexity index is 1170. The molecule has 0 amide bonds. The van der Waals surface area contributed by atoms with Gasteiger partial charge in [0.25, 0.3) is 0 Å². The molecule has 0 aliphatic carbocycles. The molecular weight excluding hydrogens is 400 g/mol. The summed E-state index contributed by atoms with van der Waals surface area (Å²) in [7, 11) is 0. The van der Waals surface area contributed by atoms with E-state index in [-0.39, 0.29) is 5.82 Å². The SMILES string of the molecule is Cc1cc(C)n(-c2nc3cc(Cl)c(Cl)cc3nc2NCc2ccc(F)cc2)n1. The Hall–Kier alpha value is -2.70. The number of halogens is 3. The first kappa shape index (κ1) is 18.7. The maximum absolute atomic E-state index is 13.1. The van der Waals surface area contributed by atoms with Crippen molar-refractivity contribution < 1.29 is 4.39 Å². The van der Waals surface area contributed by atoms with Crippen LogP contribution in [0, 0.1) is 19.7 Å². The van der Waals surface area contributed by atoms with Gasteiger partial charge in [-0.05, 0) is 49.7 Å². The van der Waals surface area contributed by atoms with Gasteiger partial charge in [0.15, 0.2) is 11.6 Å². The highest BCUT2D eigenvalue weighted by Gasteiger charge is 2.15. The van der Waals surface area contributed by atoms with Crippen LogP contribution in [0.1, 0.15) is 17.0 Å². The highest BCUT2D eigenvalue weighted by Crippen LogP contribution is 2.29. The summed E-state index contributed by atoms with van der Waals surface area (Å²) in [5.74, 6) is 0.823. The number of benzene rings is 2. The maximum Gasteiger partial charge on any atom is 0.197 e. The predicted octanol–water partition coefficient (Wildman–Crippen LogP) is 5.49. The number of anilines is 1. The Kier molecular flexibility index (Phi) is 4.91. The smallest absolute Gasteiger partial charge is 0.197 e. The van der Waals surface area contributed by atoms with E-state index in [9.17, 15) is 4.39 Å². The van der Waals surface area contributed by atoms with Crippen LogP contribution in [0.15, 0.2) is 42.5 Å². The topological polar surface area (TPSA) is 55.6 Å². The van der Waals surface area contributed by atoms with E-state index in [0.717, 1.165) is 17.0 Å². The lowest BCUT2D eigenvalue weighted by atomic mass is 10.2. The van der Waals surface area contributed by atoms with Gasteiger partial charge in [0, 0.05) is 12.2 Å². The van der Waals surface area contributed by atoms with Crippen LogP contribution < -0.4 is 5.32 Å².